The van der Waals surface area contributed by atoms with Gasteiger partial charge in [0.15, 0.2) is 0 Å². The average molecular weight is 196 g/mol. The maximum atomic E-state index is 8.71. The van der Waals surface area contributed by atoms with E-state index in [1.165, 1.54) is 0 Å². The van der Waals surface area contributed by atoms with Gasteiger partial charge in [-0.2, -0.15) is 5.26 Å². The molecule has 3 aromatic rings. The summed E-state index contributed by atoms with van der Waals surface area (Å²) in [6.45, 7) is 0. The van der Waals surface area contributed by atoms with Crippen molar-refractivity contribution in [1.82, 2.24) is 24.6 Å². The molecule has 0 aliphatic carbocycles. The fourth-order valence-corrected chi connectivity index (χ4v) is 1.43. The van der Waals surface area contributed by atoms with Gasteiger partial charge < -0.3 is 0 Å². The molecule has 0 saturated heterocycles. The Bertz CT molecular complexity index is 692. The third kappa shape index (κ3) is 1.03. The van der Waals surface area contributed by atoms with Crippen molar-refractivity contribution >= 4 is 16.8 Å². The zero-order chi connectivity index (χ0) is 10.3. The predicted octanol–water partition coefficient (Wildman–Crippen LogP) is 0.544. The van der Waals surface area contributed by atoms with Gasteiger partial charge in [0.25, 0.3) is 5.78 Å². The quantitative estimate of drug-likeness (QED) is 0.524. The van der Waals surface area contributed by atoms with E-state index >= 15 is 0 Å². The molecule has 6 heteroatoms. The molecule has 15 heavy (non-hydrogen) atoms. The summed E-state index contributed by atoms with van der Waals surface area (Å²) in [4.78, 5) is 8.19. The Kier molecular flexibility index (Phi) is 1.42. The minimum atomic E-state index is 0.372. The van der Waals surface area contributed by atoms with Gasteiger partial charge in [0.2, 0.25) is 0 Å². The van der Waals surface area contributed by atoms with Crippen molar-refractivity contribution in [2.75, 3.05) is 0 Å². The Morgan fingerprint density at radius 2 is 2.27 bits per heavy atom. The molecule has 0 atom stereocenters. The van der Waals surface area contributed by atoms with Crippen molar-refractivity contribution in [3.8, 4) is 6.07 Å². The van der Waals surface area contributed by atoms with Gasteiger partial charge in [-0.1, -0.05) is 0 Å². The van der Waals surface area contributed by atoms with Crippen molar-refractivity contribution in [3.05, 3.63) is 30.4 Å². The molecule has 0 aliphatic heterocycles. The van der Waals surface area contributed by atoms with E-state index in [0.717, 1.165) is 5.52 Å². The average Bonchev–Trinajstić information content (AvgIpc) is 2.76. The van der Waals surface area contributed by atoms with Gasteiger partial charge in [-0.3, -0.25) is 4.40 Å². The van der Waals surface area contributed by atoms with Crippen molar-refractivity contribution in [2.24, 2.45) is 0 Å². The summed E-state index contributed by atoms with van der Waals surface area (Å²) in [6.07, 6.45) is 3.15. The van der Waals surface area contributed by atoms with E-state index in [1.807, 2.05) is 6.07 Å². The first-order valence-corrected chi connectivity index (χ1v) is 4.24. The molecule has 0 bridgehead atoms. The largest absolute Gasteiger partial charge is 0.264 e. The van der Waals surface area contributed by atoms with Crippen LogP contribution in [0, 0.1) is 11.3 Å². The molecule has 3 heterocycles. The first-order valence-electron chi connectivity index (χ1n) is 4.24. The highest BCUT2D eigenvalue weighted by atomic mass is 15.3. The number of nitriles is 1. The second-order valence-corrected chi connectivity index (χ2v) is 2.97. The van der Waals surface area contributed by atoms with Crippen LogP contribution in [0.4, 0.5) is 0 Å². The van der Waals surface area contributed by atoms with Gasteiger partial charge in [0.05, 0.1) is 11.7 Å². The minimum Gasteiger partial charge on any atom is -0.264 e. The molecule has 0 unspecified atom stereocenters. The van der Waals surface area contributed by atoms with Crippen molar-refractivity contribution in [3.63, 3.8) is 0 Å². The molecule has 0 N–H and O–H groups in total. The van der Waals surface area contributed by atoms with E-state index in [-0.39, 0.29) is 0 Å². The third-order valence-electron chi connectivity index (χ3n) is 2.11. The number of nitrogens with zero attached hydrogens (tertiary/aromatic N) is 6. The Labute approximate surface area is 83.8 Å². The van der Waals surface area contributed by atoms with Crippen LogP contribution in [0.15, 0.2) is 24.7 Å². The SMILES string of the molecule is N#Cc1ccc2c(cnc3nncn32)n1. The van der Waals surface area contributed by atoms with Gasteiger partial charge >= 0.3 is 0 Å². The standard InChI is InChI=1S/C9H4N6/c10-3-6-1-2-8-7(13-6)4-11-9-14-12-5-15(8)9/h1-2,4-5H. The van der Waals surface area contributed by atoms with Gasteiger partial charge in [0, 0.05) is 0 Å². The number of fused-ring (bicyclic) bond motifs is 3. The summed E-state index contributed by atoms with van der Waals surface area (Å²) in [5.41, 5.74) is 1.86. The molecule has 3 aromatic heterocycles. The third-order valence-corrected chi connectivity index (χ3v) is 2.11. The molecule has 3 rings (SSSR count). The normalized spacial score (nSPS) is 10.6. The van der Waals surface area contributed by atoms with Gasteiger partial charge in [-0.25, -0.2) is 9.97 Å². The van der Waals surface area contributed by atoms with E-state index in [0.29, 0.717) is 17.0 Å². The lowest BCUT2D eigenvalue weighted by Crippen LogP contribution is -1.93. The zero-order valence-corrected chi connectivity index (χ0v) is 7.49. The Morgan fingerprint density at radius 3 is 3.13 bits per heavy atom. The second kappa shape index (κ2) is 2.72. The van der Waals surface area contributed by atoms with Crippen LogP contribution >= 0.6 is 0 Å². The molecule has 0 amide bonds. The molecule has 0 aliphatic rings. The van der Waals surface area contributed by atoms with Crippen molar-refractivity contribution in [1.29, 1.82) is 5.26 Å². The fourth-order valence-electron chi connectivity index (χ4n) is 1.43. The van der Waals surface area contributed by atoms with Crippen LogP contribution in [0.25, 0.3) is 16.8 Å². The van der Waals surface area contributed by atoms with Crippen LogP contribution in [0.3, 0.4) is 0 Å². The zero-order valence-electron chi connectivity index (χ0n) is 7.49. The Hall–Kier alpha value is -2.55. The topological polar surface area (TPSA) is 79.8 Å². The van der Waals surface area contributed by atoms with E-state index in [1.54, 1.807) is 29.1 Å². The van der Waals surface area contributed by atoms with E-state index in [2.05, 4.69) is 20.2 Å². The van der Waals surface area contributed by atoms with Gasteiger partial charge in [0.1, 0.15) is 23.6 Å². The van der Waals surface area contributed by atoms with Crippen molar-refractivity contribution < 1.29 is 0 Å². The minimum absolute atomic E-state index is 0.372. The summed E-state index contributed by atoms with van der Waals surface area (Å²) in [7, 11) is 0. The maximum Gasteiger partial charge on any atom is 0.255 e. The summed E-state index contributed by atoms with van der Waals surface area (Å²) in [6, 6.07) is 5.44. The van der Waals surface area contributed by atoms with Crippen LogP contribution in [0.2, 0.25) is 0 Å². The smallest absolute Gasteiger partial charge is 0.255 e. The number of hydrogen-bond acceptors (Lipinski definition) is 5. The lowest BCUT2D eigenvalue weighted by molar-refractivity contribution is 1.10. The summed E-state index contributed by atoms with van der Waals surface area (Å²) >= 11 is 0. The van der Waals surface area contributed by atoms with Crippen LogP contribution in [-0.4, -0.2) is 24.6 Å². The van der Waals surface area contributed by atoms with Crippen LogP contribution in [0.1, 0.15) is 5.69 Å². The molecular formula is C9H4N6. The number of pyridine rings is 1. The Balaban J connectivity index is 2.50. The predicted molar refractivity (Wildman–Crippen MR) is 50.8 cm³/mol. The van der Waals surface area contributed by atoms with E-state index < -0.39 is 0 Å². The first-order chi connectivity index (χ1) is 7.38. The van der Waals surface area contributed by atoms with Gasteiger partial charge in [-0.05, 0) is 12.1 Å². The molecule has 0 fully saturated rings. The number of aromatic nitrogens is 5. The lowest BCUT2D eigenvalue weighted by atomic mass is 10.3. The van der Waals surface area contributed by atoms with Crippen LogP contribution in [0.5, 0.6) is 0 Å². The van der Waals surface area contributed by atoms with Crippen LogP contribution < -0.4 is 0 Å². The highest BCUT2D eigenvalue weighted by Crippen LogP contribution is 2.11. The molecular weight excluding hydrogens is 192 g/mol. The number of rotatable bonds is 0. The first kappa shape index (κ1) is 7.82. The summed E-state index contributed by atoms with van der Waals surface area (Å²) < 4.78 is 1.73. The molecule has 0 aromatic carbocycles. The van der Waals surface area contributed by atoms with E-state index in [9.17, 15) is 0 Å². The molecule has 0 saturated carbocycles. The lowest BCUT2D eigenvalue weighted by Gasteiger charge is -1.98. The molecule has 70 valence electrons. The summed E-state index contributed by atoms with van der Waals surface area (Å²) in [5, 5.41) is 16.3. The van der Waals surface area contributed by atoms with Crippen molar-refractivity contribution in [2.45, 2.75) is 0 Å². The van der Waals surface area contributed by atoms with E-state index in [4.69, 9.17) is 5.26 Å². The Morgan fingerprint density at radius 1 is 1.33 bits per heavy atom. The van der Waals surface area contributed by atoms with Crippen LogP contribution in [-0.2, 0) is 0 Å². The fraction of sp³-hybridized carbons (Fsp3) is 0. The monoisotopic (exact) mass is 196 g/mol. The molecule has 0 spiro atoms. The maximum absolute atomic E-state index is 8.71. The molecule has 0 radical (unpaired) electrons. The highest BCUT2D eigenvalue weighted by molar-refractivity contribution is 5.76. The second-order valence-electron chi connectivity index (χ2n) is 2.97. The molecule has 6 nitrogen and oxygen atoms in total. The number of hydrogen-bond donors (Lipinski definition) is 0. The summed E-state index contributed by atoms with van der Waals surface area (Å²) in [5.74, 6) is 0.522. The van der Waals surface area contributed by atoms with Gasteiger partial charge in [-0.15, -0.1) is 10.2 Å². The highest BCUT2D eigenvalue weighted by Gasteiger charge is 2.03.